The summed E-state index contributed by atoms with van der Waals surface area (Å²) in [6, 6.07) is 13.7. The summed E-state index contributed by atoms with van der Waals surface area (Å²) in [4.78, 5) is 29.4. The van der Waals surface area contributed by atoms with E-state index in [1.165, 1.54) is 5.56 Å². The van der Waals surface area contributed by atoms with Crippen LogP contribution in [0.2, 0.25) is 0 Å². The van der Waals surface area contributed by atoms with Crippen LogP contribution in [0.5, 0.6) is 5.75 Å². The van der Waals surface area contributed by atoms with E-state index in [-0.39, 0.29) is 17.0 Å². The van der Waals surface area contributed by atoms with Crippen molar-refractivity contribution in [1.29, 1.82) is 0 Å². The van der Waals surface area contributed by atoms with Crippen molar-refractivity contribution < 1.29 is 24.3 Å². The fourth-order valence-electron chi connectivity index (χ4n) is 6.35. The molecule has 0 saturated carbocycles. The molecule has 4 aliphatic heterocycles. The fourth-order valence-corrected chi connectivity index (χ4v) is 6.35. The molecule has 0 bridgehead atoms. The van der Waals surface area contributed by atoms with Gasteiger partial charge in [0.15, 0.2) is 0 Å². The number of ether oxygens (including phenoxy) is 2. The number of piperidine rings is 1. The minimum atomic E-state index is -0.522. The van der Waals surface area contributed by atoms with Gasteiger partial charge in [0.05, 0.1) is 0 Å². The molecule has 184 valence electrons. The van der Waals surface area contributed by atoms with Crippen LogP contribution in [-0.2, 0) is 16.6 Å². The number of aryl methyl sites for hydroxylation is 1. The molecule has 0 aliphatic carbocycles. The second-order valence-electron chi connectivity index (χ2n) is 10.3. The Hall–Kier alpha value is -3.10. The lowest BCUT2D eigenvalue weighted by molar-refractivity contribution is -0.00509. The molecule has 3 amide bonds. The number of hydroxylamine groups is 1. The first-order valence-electron chi connectivity index (χ1n) is 12.5. The molecule has 8 heteroatoms. The van der Waals surface area contributed by atoms with Crippen LogP contribution in [-0.4, -0.2) is 60.5 Å². The van der Waals surface area contributed by atoms with Gasteiger partial charge in [0.25, 0.3) is 5.91 Å². The number of anilines is 1. The number of carbonyl (C=O) groups excluding carboxylic acids is 2. The van der Waals surface area contributed by atoms with E-state index in [9.17, 15) is 9.59 Å². The van der Waals surface area contributed by atoms with E-state index < -0.39 is 5.91 Å². The van der Waals surface area contributed by atoms with Crippen molar-refractivity contribution in [2.24, 2.45) is 0 Å². The normalized spacial score (nSPS) is 21.9. The van der Waals surface area contributed by atoms with Gasteiger partial charge in [-0.2, -0.15) is 0 Å². The highest BCUT2D eigenvalue weighted by Crippen LogP contribution is 2.47. The van der Waals surface area contributed by atoms with Crippen molar-refractivity contribution in [3.05, 3.63) is 59.2 Å². The van der Waals surface area contributed by atoms with E-state index >= 15 is 0 Å². The minimum Gasteiger partial charge on any atom is -0.487 e. The van der Waals surface area contributed by atoms with E-state index in [2.05, 4.69) is 18.2 Å². The molecular weight excluding hydrogens is 446 g/mol. The Balaban J connectivity index is 1.15. The van der Waals surface area contributed by atoms with E-state index in [1.807, 2.05) is 21.9 Å². The number of hydrogen-bond acceptors (Lipinski definition) is 5. The second-order valence-corrected chi connectivity index (χ2v) is 10.3. The average molecular weight is 478 g/mol. The Kier molecular flexibility index (Phi) is 5.45. The molecule has 35 heavy (non-hydrogen) atoms. The lowest BCUT2D eigenvalue weighted by Gasteiger charge is -2.45. The Morgan fingerprint density at radius 2 is 1.74 bits per heavy atom. The third-order valence-corrected chi connectivity index (χ3v) is 8.45. The predicted octanol–water partition coefficient (Wildman–Crippen LogP) is 3.65. The lowest BCUT2D eigenvalue weighted by Crippen LogP contribution is -2.54. The molecule has 0 unspecified atom stereocenters. The largest absolute Gasteiger partial charge is 0.487 e. The second kappa shape index (κ2) is 8.53. The van der Waals surface area contributed by atoms with Crippen molar-refractivity contribution in [2.45, 2.75) is 49.5 Å². The van der Waals surface area contributed by atoms with Crippen LogP contribution in [0.1, 0.15) is 53.6 Å². The number of likely N-dealkylation sites (tertiary alicyclic amines) is 1. The summed E-state index contributed by atoms with van der Waals surface area (Å²) in [6.07, 6.45) is 5.12. The zero-order valence-electron chi connectivity index (χ0n) is 19.8. The summed E-state index contributed by atoms with van der Waals surface area (Å²) in [5, 5.41) is 8.89. The maximum absolute atomic E-state index is 13.7. The number of para-hydroxylation sites is 1. The predicted molar refractivity (Wildman–Crippen MR) is 129 cm³/mol. The van der Waals surface area contributed by atoms with Crippen LogP contribution >= 0.6 is 0 Å². The number of nitrogens with zero attached hydrogens (tertiary/aromatic N) is 2. The topological polar surface area (TPSA) is 91.3 Å². The molecule has 4 heterocycles. The number of hydrogen-bond donors (Lipinski definition) is 2. The summed E-state index contributed by atoms with van der Waals surface area (Å²) < 4.78 is 12.1. The van der Waals surface area contributed by atoms with Gasteiger partial charge >= 0.3 is 6.03 Å². The van der Waals surface area contributed by atoms with Crippen LogP contribution in [0, 0.1) is 0 Å². The summed E-state index contributed by atoms with van der Waals surface area (Å²) in [5.74, 6) is 0.270. The quantitative estimate of drug-likeness (QED) is 0.483. The van der Waals surface area contributed by atoms with Gasteiger partial charge in [-0.25, -0.2) is 10.3 Å². The Morgan fingerprint density at radius 1 is 0.971 bits per heavy atom. The first-order chi connectivity index (χ1) is 17.0. The number of nitrogens with one attached hydrogen (secondary N) is 1. The summed E-state index contributed by atoms with van der Waals surface area (Å²) in [6.45, 7) is 3.53. The van der Waals surface area contributed by atoms with Crippen molar-refractivity contribution in [1.82, 2.24) is 10.4 Å². The van der Waals surface area contributed by atoms with Crippen LogP contribution in [0.25, 0.3) is 0 Å². The molecule has 2 saturated heterocycles. The summed E-state index contributed by atoms with van der Waals surface area (Å²) in [7, 11) is 0. The Bertz CT molecular complexity index is 1150. The first-order valence-corrected chi connectivity index (χ1v) is 12.5. The van der Waals surface area contributed by atoms with Crippen molar-refractivity contribution in [3.63, 3.8) is 0 Å². The number of benzene rings is 2. The zero-order chi connectivity index (χ0) is 24.0. The number of amides is 3. The van der Waals surface area contributed by atoms with E-state index in [1.54, 1.807) is 17.6 Å². The SMILES string of the molecule is O=C(NO)c1ccc2c(c1)CCC1(CCN(C(=O)N3CC4(CCOCC4)c4ccccc43)CC1)O2. The molecule has 2 fully saturated rings. The number of urea groups is 1. The van der Waals surface area contributed by atoms with Gasteiger partial charge in [0.1, 0.15) is 11.4 Å². The van der Waals surface area contributed by atoms with Crippen LogP contribution in [0.3, 0.4) is 0 Å². The molecule has 2 N–H and O–H groups in total. The third-order valence-electron chi connectivity index (χ3n) is 8.45. The number of rotatable bonds is 1. The summed E-state index contributed by atoms with van der Waals surface area (Å²) in [5.41, 5.74) is 5.13. The highest BCUT2D eigenvalue weighted by Gasteiger charge is 2.47. The Morgan fingerprint density at radius 3 is 2.51 bits per heavy atom. The van der Waals surface area contributed by atoms with Crippen molar-refractivity contribution in [3.8, 4) is 5.75 Å². The molecule has 2 aromatic carbocycles. The molecule has 2 spiro atoms. The standard InChI is InChI=1S/C27H31N3O5/c31-24(28-33)20-5-6-23-19(17-20)7-8-27(35-23)9-13-29(14-10-27)25(32)30-18-26(11-15-34-16-12-26)21-3-1-2-4-22(21)30/h1-6,17,33H,7-16,18H2,(H,28,31). The van der Waals surface area contributed by atoms with Gasteiger partial charge in [0.2, 0.25) is 0 Å². The molecule has 4 aliphatic rings. The lowest BCUT2D eigenvalue weighted by atomic mass is 9.76. The first kappa shape index (κ1) is 22.4. The molecule has 0 atom stereocenters. The molecular formula is C27H31N3O5. The number of carbonyl (C=O) groups is 2. The fraction of sp³-hybridized carbons (Fsp3) is 0.481. The van der Waals surface area contributed by atoms with Crippen LogP contribution in [0.15, 0.2) is 42.5 Å². The highest BCUT2D eigenvalue weighted by atomic mass is 16.5. The number of fused-ring (bicyclic) bond motifs is 3. The molecule has 0 aromatic heterocycles. The Labute approximate surface area is 204 Å². The van der Waals surface area contributed by atoms with Gasteiger partial charge in [-0.05, 0) is 61.1 Å². The molecule has 8 nitrogen and oxygen atoms in total. The smallest absolute Gasteiger partial charge is 0.324 e. The third kappa shape index (κ3) is 3.76. The van der Waals surface area contributed by atoms with Gasteiger partial charge in [-0.15, -0.1) is 0 Å². The maximum Gasteiger partial charge on any atom is 0.324 e. The van der Waals surface area contributed by atoms with Gasteiger partial charge < -0.3 is 14.4 Å². The van der Waals surface area contributed by atoms with Gasteiger partial charge in [-0.1, -0.05) is 18.2 Å². The molecule has 6 rings (SSSR count). The summed E-state index contributed by atoms with van der Waals surface area (Å²) >= 11 is 0. The molecule has 2 aromatic rings. The van der Waals surface area contributed by atoms with Crippen molar-refractivity contribution in [2.75, 3.05) is 37.7 Å². The minimum absolute atomic E-state index is 0.00346. The zero-order valence-corrected chi connectivity index (χ0v) is 19.8. The van der Waals surface area contributed by atoms with E-state index in [0.717, 1.165) is 75.3 Å². The maximum atomic E-state index is 13.7. The monoisotopic (exact) mass is 477 g/mol. The van der Waals surface area contributed by atoms with E-state index in [0.29, 0.717) is 18.7 Å². The molecule has 0 radical (unpaired) electrons. The van der Waals surface area contributed by atoms with Crippen LogP contribution < -0.4 is 15.1 Å². The van der Waals surface area contributed by atoms with Crippen LogP contribution in [0.4, 0.5) is 10.5 Å². The average Bonchev–Trinajstić information content (AvgIpc) is 3.22. The van der Waals surface area contributed by atoms with E-state index in [4.69, 9.17) is 14.7 Å². The van der Waals surface area contributed by atoms with Crippen molar-refractivity contribution >= 4 is 17.6 Å². The van der Waals surface area contributed by atoms with Gasteiger partial charge in [-0.3, -0.25) is 14.9 Å². The highest BCUT2D eigenvalue weighted by molar-refractivity contribution is 5.95. The van der Waals surface area contributed by atoms with Gasteiger partial charge in [0, 0.05) is 62.4 Å².